The summed E-state index contributed by atoms with van der Waals surface area (Å²) < 4.78 is 2.24. The molecule has 0 spiro atoms. The largest absolute Gasteiger partial charge is 0.508 e. The van der Waals surface area contributed by atoms with Gasteiger partial charge in [0.25, 0.3) is 0 Å². The molecule has 0 aliphatic heterocycles. The molecule has 0 amide bonds. The highest BCUT2D eigenvalue weighted by Gasteiger charge is 2.15. The Morgan fingerprint density at radius 2 is 1.15 bits per heavy atom. The van der Waals surface area contributed by atoms with Crippen LogP contribution in [0.2, 0.25) is 0 Å². The van der Waals surface area contributed by atoms with Gasteiger partial charge in [0.1, 0.15) is 5.75 Å². The normalized spacial score (nSPS) is 11.2. The van der Waals surface area contributed by atoms with Gasteiger partial charge in [0, 0.05) is 22.4 Å². The van der Waals surface area contributed by atoms with Gasteiger partial charge in [-0.3, -0.25) is 0 Å². The van der Waals surface area contributed by atoms with E-state index in [1.807, 2.05) is 30.3 Å². The Morgan fingerprint density at radius 1 is 0.577 bits per heavy atom. The third-order valence-electron chi connectivity index (χ3n) is 4.89. The first-order valence-electron chi connectivity index (χ1n) is 8.70. The van der Waals surface area contributed by atoms with Crippen molar-refractivity contribution in [3.8, 4) is 22.6 Å². The van der Waals surface area contributed by atoms with Crippen molar-refractivity contribution in [2.75, 3.05) is 0 Å². The van der Waals surface area contributed by atoms with Crippen molar-refractivity contribution in [3.05, 3.63) is 97.1 Å². The molecule has 0 bridgehead atoms. The number of rotatable bonds is 2. The molecular weight excluding hydrogens is 318 g/mol. The first-order valence-corrected chi connectivity index (χ1v) is 8.70. The van der Waals surface area contributed by atoms with Crippen LogP contribution < -0.4 is 0 Å². The first kappa shape index (κ1) is 14.8. The average Bonchev–Trinajstić information content (AvgIpc) is 3.03. The van der Waals surface area contributed by atoms with Crippen LogP contribution in [0.3, 0.4) is 0 Å². The molecule has 1 heterocycles. The lowest BCUT2D eigenvalue weighted by Gasteiger charge is -2.14. The Bertz CT molecular complexity index is 1180. The number of para-hydroxylation sites is 2. The lowest BCUT2D eigenvalue weighted by atomic mass is 10.0. The van der Waals surface area contributed by atoms with Crippen LogP contribution in [0.15, 0.2) is 97.1 Å². The summed E-state index contributed by atoms with van der Waals surface area (Å²) in [5.41, 5.74) is 5.47. The van der Waals surface area contributed by atoms with E-state index in [1.54, 1.807) is 6.07 Å². The summed E-state index contributed by atoms with van der Waals surface area (Å²) in [5, 5.41) is 12.6. The summed E-state index contributed by atoms with van der Waals surface area (Å²) in [6, 6.07) is 32.7. The molecule has 0 aliphatic carbocycles. The third-order valence-corrected chi connectivity index (χ3v) is 4.89. The van der Waals surface area contributed by atoms with Crippen molar-refractivity contribution >= 4 is 21.8 Å². The highest BCUT2D eigenvalue weighted by atomic mass is 16.3. The number of hydrogen-bond acceptors (Lipinski definition) is 1. The molecule has 5 aromatic rings. The van der Waals surface area contributed by atoms with E-state index in [1.165, 1.54) is 10.8 Å². The van der Waals surface area contributed by atoms with E-state index in [2.05, 4.69) is 65.2 Å². The number of phenols is 1. The van der Waals surface area contributed by atoms with E-state index >= 15 is 0 Å². The molecule has 1 N–H and O–H groups in total. The standard InChI is InChI=1S/C24H17NO/c26-18-14-15-19(17-8-2-1-3-9-17)24(16-18)25-22-12-6-4-10-20(22)21-11-5-7-13-23(21)25/h1-16,26H. The summed E-state index contributed by atoms with van der Waals surface area (Å²) in [4.78, 5) is 0. The zero-order valence-corrected chi connectivity index (χ0v) is 14.1. The van der Waals surface area contributed by atoms with Crippen molar-refractivity contribution in [1.82, 2.24) is 4.57 Å². The number of fused-ring (bicyclic) bond motifs is 3. The molecule has 0 atom stereocenters. The van der Waals surface area contributed by atoms with Crippen LogP contribution in [0.1, 0.15) is 0 Å². The summed E-state index contributed by atoms with van der Waals surface area (Å²) in [6.07, 6.45) is 0. The number of phenolic OH excluding ortho intramolecular Hbond substituents is 1. The number of aromatic hydroxyl groups is 1. The van der Waals surface area contributed by atoms with E-state index in [0.29, 0.717) is 0 Å². The topological polar surface area (TPSA) is 25.2 Å². The van der Waals surface area contributed by atoms with Crippen molar-refractivity contribution in [2.45, 2.75) is 0 Å². The second-order valence-electron chi connectivity index (χ2n) is 6.44. The van der Waals surface area contributed by atoms with Gasteiger partial charge in [-0.2, -0.15) is 0 Å². The van der Waals surface area contributed by atoms with Gasteiger partial charge < -0.3 is 9.67 Å². The maximum absolute atomic E-state index is 10.2. The zero-order valence-electron chi connectivity index (χ0n) is 14.1. The highest BCUT2D eigenvalue weighted by molar-refractivity contribution is 6.09. The van der Waals surface area contributed by atoms with E-state index in [-0.39, 0.29) is 5.75 Å². The number of benzene rings is 4. The fourth-order valence-electron chi connectivity index (χ4n) is 3.75. The van der Waals surface area contributed by atoms with Crippen molar-refractivity contribution in [1.29, 1.82) is 0 Å². The van der Waals surface area contributed by atoms with Crippen LogP contribution in [0.5, 0.6) is 5.75 Å². The van der Waals surface area contributed by atoms with E-state index in [0.717, 1.165) is 27.8 Å². The molecule has 1 aromatic heterocycles. The van der Waals surface area contributed by atoms with Gasteiger partial charge in [-0.1, -0.05) is 66.7 Å². The molecule has 0 unspecified atom stereocenters. The zero-order chi connectivity index (χ0) is 17.5. The smallest absolute Gasteiger partial charge is 0.117 e. The monoisotopic (exact) mass is 335 g/mol. The average molecular weight is 335 g/mol. The van der Waals surface area contributed by atoms with E-state index in [4.69, 9.17) is 0 Å². The second-order valence-corrected chi connectivity index (χ2v) is 6.44. The maximum Gasteiger partial charge on any atom is 0.117 e. The predicted octanol–water partition coefficient (Wildman–Crippen LogP) is 6.16. The number of nitrogens with zero attached hydrogens (tertiary/aromatic N) is 1. The van der Waals surface area contributed by atoms with Crippen molar-refractivity contribution in [2.24, 2.45) is 0 Å². The van der Waals surface area contributed by atoms with Crippen LogP contribution in [0.25, 0.3) is 38.6 Å². The Kier molecular flexibility index (Phi) is 3.29. The number of hydrogen-bond donors (Lipinski definition) is 1. The van der Waals surface area contributed by atoms with Gasteiger partial charge in [-0.25, -0.2) is 0 Å². The minimum Gasteiger partial charge on any atom is -0.508 e. The lowest BCUT2D eigenvalue weighted by Crippen LogP contribution is -1.97. The molecule has 0 radical (unpaired) electrons. The second kappa shape index (κ2) is 5.78. The summed E-state index contributed by atoms with van der Waals surface area (Å²) >= 11 is 0. The third kappa shape index (κ3) is 2.20. The van der Waals surface area contributed by atoms with E-state index in [9.17, 15) is 5.11 Å². The molecule has 0 saturated heterocycles. The first-order chi connectivity index (χ1) is 12.8. The molecule has 124 valence electrons. The van der Waals surface area contributed by atoms with Crippen LogP contribution in [0.4, 0.5) is 0 Å². The van der Waals surface area contributed by atoms with Crippen LogP contribution in [-0.4, -0.2) is 9.67 Å². The van der Waals surface area contributed by atoms with Crippen LogP contribution in [-0.2, 0) is 0 Å². The quantitative estimate of drug-likeness (QED) is 0.411. The highest BCUT2D eigenvalue weighted by Crippen LogP contribution is 2.37. The SMILES string of the molecule is Oc1ccc(-c2ccccc2)c(-n2c3ccccc3c3ccccc32)c1. The van der Waals surface area contributed by atoms with Crippen molar-refractivity contribution in [3.63, 3.8) is 0 Å². The Labute approximate surface area is 151 Å². The Hall–Kier alpha value is -3.52. The minimum atomic E-state index is 0.265. The van der Waals surface area contributed by atoms with Gasteiger partial charge in [-0.15, -0.1) is 0 Å². The molecule has 0 saturated carbocycles. The molecule has 0 aliphatic rings. The maximum atomic E-state index is 10.2. The summed E-state index contributed by atoms with van der Waals surface area (Å²) in [5.74, 6) is 0.265. The summed E-state index contributed by atoms with van der Waals surface area (Å²) in [7, 11) is 0. The fraction of sp³-hybridized carbons (Fsp3) is 0. The lowest BCUT2D eigenvalue weighted by molar-refractivity contribution is 0.475. The van der Waals surface area contributed by atoms with Gasteiger partial charge in [0.15, 0.2) is 0 Å². The molecule has 0 fully saturated rings. The van der Waals surface area contributed by atoms with Gasteiger partial charge in [0.05, 0.1) is 16.7 Å². The predicted molar refractivity (Wildman–Crippen MR) is 108 cm³/mol. The Balaban J connectivity index is 1.93. The Morgan fingerprint density at radius 3 is 1.81 bits per heavy atom. The fourth-order valence-corrected chi connectivity index (χ4v) is 3.75. The van der Waals surface area contributed by atoms with Crippen LogP contribution >= 0.6 is 0 Å². The van der Waals surface area contributed by atoms with Crippen LogP contribution in [0, 0.1) is 0 Å². The number of aromatic nitrogens is 1. The minimum absolute atomic E-state index is 0.265. The molecule has 26 heavy (non-hydrogen) atoms. The molecular formula is C24H17NO. The van der Waals surface area contributed by atoms with Gasteiger partial charge in [0.2, 0.25) is 0 Å². The van der Waals surface area contributed by atoms with Gasteiger partial charge >= 0.3 is 0 Å². The molecule has 2 heteroatoms. The van der Waals surface area contributed by atoms with Crippen molar-refractivity contribution < 1.29 is 5.11 Å². The molecule has 2 nitrogen and oxygen atoms in total. The van der Waals surface area contributed by atoms with Gasteiger partial charge in [-0.05, 0) is 29.8 Å². The molecule has 4 aromatic carbocycles. The molecule has 5 rings (SSSR count). The summed E-state index contributed by atoms with van der Waals surface area (Å²) in [6.45, 7) is 0. The van der Waals surface area contributed by atoms with E-state index < -0.39 is 0 Å².